The molecule has 1 atom stereocenters. The van der Waals surface area contributed by atoms with Crippen LogP contribution in [0.3, 0.4) is 0 Å². The Labute approximate surface area is 158 Å². The van der Waals surface area contributed by atoms with Crippen LogP contribution >= 0.6 is 0 Å². The van der Waals surface area contributed by atoms with E-state index >= 15 is 0 Å². The molecule has 0 aliphatic carbocycles. The Morgan fingerprint density at radius 3 is 2.81 bits per heavy atom. The molecular formula is C21H22N4O2. The Morgan fingerprint density at radius 1 is 1.19 bits per heavy atom. The minimum atomic E-state index is -0.0449. The second kappa shape index (κ2) is 8.14. The molecule has 1 unspecified atom stereocenters. The van der Waals surface area contributed by atoms with Crippen LogP contribution in [-0.4, -0.2) is 44.8 Å². The first-order chi connectivity index (χ1) is 13.3. The standard InChI is InChI=1S/C21H22N4O2/c26-21(18-13-23-25(15-18)19-7-2-1-3-8-19)24(16-20-9-5-11-27-20)14-17-6-4-10-22-12-17/h1-4,6-8,10,12-13,15,20H,5,9,11,14,16H2. The number of ether oxygens (including phenoxy) is 1. The van der Waals surface area contributed by atoms with Crippen LogP contribution in [0.2, 0.25) is 0 Å². The van der Waals surface area contributed by atoms with Crippen molar-refractivity contribution in [3.05, 3.63) is 78.4 Å². The molecule has 0 radical (unpaired) electrons. The number of pyridine rings is 1. The molecule has 0 N–H and O–H groups in total. The first-order valence-electron chi connectivity index (χ1n) is 9.19. The molecule has 6 heteroatoms. The second-order valence-electron chi connectivity index (χ2n) is 6.69. The average Bonchev–Trinajstić information content (AvgIpc) is 3.41. The van der Waals surface area contributed by atoms with Crippen molar-refractivity contribution in [2.75, 3.05) is 13.2 Å². The minimum Gasteiger partial charge on any atom is -0.376 e. The fraction of sp³-hybridized carbons (Fsp3) is 0.286. The van der Waals surface area contributed by atoms with Gasteiger partial charge in [0.25, 0.3) is 5.91 Å². The lowest BCUT2D eigenvalue weighted by molar-refractivity contribution is 0.0507. The smallest absolute Gasteiger partial charge is 0.257 e. The average molecular weight is 362 g/mol. The maximum absolute atomic E-state index is 13.2. The van der Waals surface area contributed by atoms with Crippen LogP contribution in [0.4, 0.5) is 0 Å². The Bertz CT molecular complexity index is 873. The molecule has 1 amide bonds. The summed E-state index contributed by atoms with van der Waals surface area (Å²) in [5, 5.41) is 4.35. The second-order valence-corrected chi connectivity index (χ2v) is 6.69. The van der Waals surface area contributed by atoms with Gasteiger partial charge in [-0.15, -0.1) is 0 Å². The van der Waals surface area contributed by atoms with Crippen molar-refractivity contribution >= 4 is 5.91 Å². The van der Waals surface area contributed by atoms with E-state index in [-0.39, 0.29) is 12.0 Å². The van der Waals surface area contributed by atoms with Gasteiger partial charge in [-0.2, -0.15) is 5.10 Å². The van der Waals surface area contributed by atoms with Crippen molar-refractivity contribution in [1.82, 2.24) is 19.7 Å². The van der Waals surface area contributed by atoms with Gasteiger partial charge in [0.2, 0.25) is 0 Å². The summed E-state index contributed by atoms with van der Waals surface area (Å²) < 4.78 is 7.48. The van der Waals surface area contributed by atoms with Crippen molar-refractivity contribution in [3.63, 3.8) is 0 Å². The lowest BCUT2D eigenvalue weighted by Gasteiger charge is -2.25. The summed E-state index contributed by atoms with van der Waals surface area (Å²) >= 11 is 0. The van der Waals surface area contributed by atoms with Gasteiger partial charge in [-0.1, -0.05) is 24.3 Å². The molecule has 1 aliphatic heterocycles. The van der Waals surface area contributed by atoms with Gasteiger partial charge >= 0.3 is 0 Å². The summed E-state index contributed by atoms with van der Waals surface area (Å²) in [5.41, 5.74) is 2.49. The number of hydrogen-bond donors (Lipinski definition) is 0. The maximum Gasteiger partial charge on any atom is 0.257 e. The van der Waals surface area contributed by atoms with E-state index in [0.717, 1.165) is 30.7 Å². The first kappa shape index (κ1) is 17.4. The quantitative estimate of drug-likeness (QED) is 0.676. The number of rotatable bonds is 6. The zero-order valence-electron chi connectivity index (χ0n) is 15.1. The third-order valence-electron chi connectivity index (χ3n) is 4.68. The summed E-state index contributed by atoms with van der Waals surface area (Å²) in [6, 6.07) is 13.6. The number of carbonyl (C=O) groups excluding carboxylic acids is 1. The lowest BCUT2D eigenvalue weighted by atomic mass is 10.2. The molecule has 1 saturated heterocycles. The van der Waals surface area contributed by atoms with E-state index in [9.17, 15) is 4.79 Å². The molecule has 6 nitrogen and oxygen atoms in total. The van der Waals surface area contributed by atoms with Crippen LogP contribution in [0.1, 0.15) is 28.8 Å². The van der Waals surface area contributed by atoms with E-state index in [1.165, 1.54) is 0 Å². The topological polar surface area (TPSA) is 60.2 Å². The number of amides is 1. The van der Waals surface area contributed by atoms with Gasteiger partial charge in [0.05, 0.1) is 23.6 Å². The number of benzene rings is 1. The maximum atomic E-state index is 13.2. The van der Waals surface area contributed by atoms with E-state index in [4.69, 9.17) is 4.74 Å². The van der Waals surface area contributed by atoms with E-state index in [2.05, 4.69) is 10.1 Å². The minimum absolute atomic E-state index is 0.0449. The molecule has 0 spiro atoms. The third kappa shape index (κ3) is 4.23. The molecule has 4 rings (SSSR count). The molecule has 3 heterocycles. The summed E-state index contributed by atoms with van der Waals surface area (Å²) in [7, 11) is 0. The predicted octanol–water partition coefficient (Wildman–Crippen LogP) is 3.09. The van der Waals surface area contributed by atoms with Gasteiger partial charge in [0.1, 0.15) is 0 Å². The highest BCUT2D eigenvalue weighted by atomic mass is 16.5. The summed E-state index contributed by atoms with van der Waals surface area (Å²) in [4.78, 5) is 19.2. The molecule has 1 fully saturated rings. The normalized spacial score (nSPS) is 16.4. The predicted molar refractivity (Wildman–Crippen MR) is 102 cm³/mol. The van der Waals surface area contributed by atoms with E-state index in [1.54, 1.807) is 29.5 Å². The monoisotopic (exact) mass is 362 g/mol. The molecule has 2 aromatic heterocycles. The molecular weight excluding hydrogens is 340 g/mol. The van der Waals surface area contributed by atoms with Gasteiger partial charge in [0, 0.05) is 38.3 Å². The Kier molecular flexibility index (Phi) is 5.25. The molecule has 1 aliphatic rings. The molecule has 0 bridgehead atoms. The van der Waals surface area contributed by atoms with E-state index in [0.29, 0.717) is 18.7 Å². The van der Waals surface area contributed by atoms with Crippen molar-refractivity contribution in [2.24, 2.45) is 0 Å². The third-order valence-corrected chi connectivity index (χ3v) is 4.68. The molecule has 3 aromatic rings. The van der Waals surface area contributed by atoms with Crippen LogP contribution in [0.5, 0.6) is 0 Å². The molecule has 1 aromatic carbocycles. The van der Waals surface area contributed by atoms with Crippen molar-refractivity contribution in [3.8, 4) is 5.69 Å². The number of hydrogen-bond acceptors (Lipinski definition) is 4. The number of nitrogens with zero attached hydrogens (tertiary/aromatic N) is 4. The summed E-state index contributed by atoms with van der Waals surface area (Å²) in [6.45, 7) is 1.85. The SMILES string of the molecule is O=C(c1cnn(-c2ccccc2)c1)N(Cc1cccnc1)CC1CCCO1. The van der Waals surface area contributed by atoms with Crippen molar-refractivity contribution < 1.29 is 9.53 Å². The fourth-order valence-corrected chi connectivity index (χ4v) is 3.30. The van der Waals surface area contributed by atoms with Gasteiger partial charge in [-0.25, -0.2) is 4.68 Å². The van der Waals surface area contributed by atoms with Crippen LogP contribution in [0, 0.1) is 0 Å². The van der Waals surface area contributed by atoms with E-state index in [1.807, 2.05) is 47.4 Å². The van der Waals surface area contributed by atoms with Gasteiger partial charge in [0.15, 0.2) is 0 Å². The number of aromatic nitrogens is 3. The highest BCUT2D eigenvalue weighted by Crippen LogP contribution is 2.17. The molecule has 0 saturated carbocycles. The highest BCUT2D eigenvalue weighted by Gasteiger charge is 2.24. The number of para-hydroxylation sites is 1. The largest absolute Gasteiger partial charge is 0.376 e. The summed E-state index contributed by atoms with van der Waals surface area (Å²) in [5.74, 6) is -0.0449. The molecule has 27 heavy (non-hydrogen) atoms. The lowest BCUT2D eigenvalue weighted by Crippen LogP contribution is -2.36. The Morgan fingerprint density at radius 2 is 2.07 bits per heavy atom. The van der Waals surface area contributed by atoms with Crippen LogP contribution < -0.4 is 0 Å². The zero-order valence-corrected chi connectivity index (χ0v) is 15.1. The number of carbonyl (C=O) groups is 1. The van der Waals surface area contributed by atoms with Crippen LogP contribution in [0.15, 0.2) is 67.3 Å². The van der Waals surface area contributed by atoms with Gasteiger partial charge in [-0.05, 0) is 36.6 Å². The highest BCUT2D eigenvalue weighted by molar-refractivity contribution is 5.93. The first-order valence-corrected chi connectivity index (χ1v) is 9.19. The Hall–Kier alpha value is -2.99. The van der Waals surface area contributed by atoms with Crippen molar-refractivity contribution in [1.29, 1.82) is 0 Å². The van der Waals surface area contributed by atoms with Crippen LogP contribution in [-0.2, 0) is 11.3 Å². The van der Waals surface area contributed by atoms with Gasteiger partial charge < -0.3 is 9.64 Å². The Balaban J connectivity index is 1.55. The van der Waals surface area contributed by atoms with Gasteiger partial charge in [-0.3, -0.25) is 9.78 Å². The zero-order chi connectivity index (χ0) is 18.5. The van der Waals surface area contributed by atoms with E-state index < -0.39 is 0 Å². The molecule has 138 valence electrons. The summed E-state index contributed by atoms with van der Waals surface area (Å²) in [6.07, 6.45) is 9.06. The fourth-order valence-electron chi connectivity index (χ4n) is 3.30. The van der Waals surface area contributed by atoms with Crippen LogP contribution in [0.25, 0.3) is 5.69 Å². The van der Waals surface area contributed by atoms with Crippen molar-refractivity contribution in [2.45, 2.75) is 25.5 Å².